The Morgan fingerprint density at radius 1 is 1.37 bits per heavy atom. The molecule has 0 aliphatic carbocycles. The summed E-state index contributed by atoms with van der Waals surface area (Å²) in [4.78, 5) is 11.6. The van der Waals surface area contributed by atoms with Gasteiger partial charge in [-0.2, -0.15) is 16.7 Å². The maximum Gasteiger partial charge on any atom is 0.228 e. The number of guanidine groups is 1. The number of rotatable bonds is 5. The van der Waals surface area contributed by atoms with Crippen molar-refractivity contribution in [2.45, 2.75) is 31.9 Å². The number of benzene rings is 1. The summed E-state index contributed by atoms with van der Waals surface area (Å²) in [7, 11) is 0. The second-order valence-corrected chi connectivity index (χ2v) is 9.27. The van der Waals surface area contributed by atoms with Crippen LogP contribution in [0.15, 0.2) is 33.8 Å². The lowest BCUT2D eigenvalue weighted by atomic mass is 10.2. The Morgan fingerprint density at radius 3 is 2.85 bits per heavy atom. The predicted octanol–water partition coefficient (Wildman–Crippen LogP) is 3.73. The predicted molar refractivity (Wildman–Crippen MR) is 113 cm³/mol. The molecule has 1 aromatic heterocycles. The quantitative estimate of drug-likeness (QED) is 0.601. The SMILES string of the molecule is CCNC(=NCCc1nc(-c2ccc(Cl)cc2)no1)N1CCSC(C)(C)C1. The van der Waals surface area contributed by atoms with Gasteiger partial charge in [-0.25, -0.2) is 0 Å². The van der Waals surface area contributed by atoms with Crippen molar-refractivity contribution >= 4 is 29.3 Å². The zero-order valence-electron chi connectivity index (χ0n) is 16.0. The Labute approximate surface area is 169 Å². The van der Waals surface area contributed by atoms with Crippen molar-refractivity contribution in [1.29, 1.82) is 0 Å². The molecule has 146 valence electrons. The van der Waals surface area contributed by atoms with Crippen LogP contribution in [-0.4, -0.2) is 57.7 Å². The smallest absolute Gasteiger partial charge is 0.228 e. The molecule has 1 aromatic carbocycles. The summed E-state index contributed by atoms with van der Waals surface area (Å²) in [6.45, 7) is 10.1. The van der Waals surface area contributed by atoms with E-state index in [1.165, 1.54) is 0 Å². The van der Waals surface area contributed by atoms with E-state index in [-0.39, 0.29) is 4.75 Å². The van der Waals surface area contributed by atoms with E-state index < -0.39 is 0 Å². The molecule has 1 fully saturated rings. The Balaban J connectivity index is 1.61. The summed E-state index contributed by atoms with van der Waals surface area (Å²) in [6.07, 6.45) is 0.613. The van der Waals surface area contributed by atoms with Crippen LogP contribution in [0.3, 0.4) is 0 Å². The molecule has 3 rings (SSSR count). The fourth-order valence-corrected chi connectivity index (χ4v) is 4.19. The topological polar surface area (TPSA) is 66.5 Å². The van der Waals surface area contributed by atoms with Crippen molar-refractivity contribution < 1.29 is 4.52 Å². The third-order valence-corrected chi connectivity index (χ3v) is 5.77. The van der Waals surface area contributed by atoms with Gasteiger partial charge in [-0.15, -0.1) is 0 Å². The molecule has 0 unspecified atom stereocenters. The molecule has 2 aromatic rings. The van der Waals surface area contributed by atoms with Gasteiger partial charge in [0.2, 0.25) is 11.7 Å². The highest BCUT2D eigenvalue weighted by molar-refractivity contribution is 8.00. The van der Waals surface area contributed by atoms with Gasteiger partial charge in [0.05, 0.1) is 6.54 Å². The van der Waals surface area contributed by atoms with E-state index >= 15 is 0 Å². The van der Waals surface area contributed by atoms with E-state index in [0.29, 0.717) is 29.7 Å². The number of halogens is 1. The molecule has 2 heterocycles. The van der Waals surface area contributed by atoms with Gasteiger partial charge in [-0.3, -0.25) is 4.99 Å². The Bertz CT molecular complexity index is 775. The number of aromatic nitrogens is 2. The first-order chi connectivity index (χ1) is 13.0. The lowest BCUT2D eigenvalue weighted by Gasteiger charge is -2.39. The summed E-state index contributed by atoms with van der Waals surface area (Å²) in [5.74, 6) is 3.25. The molecule has 0 amide bonds. The number of nitrogens with one attached hydrogen (secondary N) is 1. The minimum absolute atomic E-state index is 0.244. The van der Waals surface area contributed by atoms with Gasteiger partial charge in [-0.05, 0) is 45.0 Å². The van der Waals surface area contributed by atoms with Crippen LogP contribution < -0.4 is 5.32 Å². The van der Waals surface area contributed by atoms with Gasteiger partial charge >= 0.3 is 0 Å². The molecular formula is C19H26ClN5OS. The van der Waals surface area contributed by atoms with Crippen LogP contribution >= 0.6 is 23.4 Å². The third kappa shape index (κ3) is 5.62. The second-order valence-electron chi connectivity index (χ2n) is 7.03. The van der Waals surface area contributed by atoms with E-state index in [1.54, 1.807) is 0 Å². The standard InChI is InChI=1S/C19H26ClN5OS/c1-4-21-18(25-11-12-27-19(2,3)13-25)22-10-9-16-23-17(24-26-16)14-5-7-15(20)8-6-14/h5-8H,4,9-13H2,1-3H3,(H,21,22). The molecule has 6 nitrogen and oxygen atoms in total. The van der Waals surface area contributed by atoms with Crippen molar-refractivity contribution in [2.24, 2.45) is 4.99 Å². The molecule has 0 saturated carbocycles. The lowest BCUT2D eigenvalue weighted by Crippen LogP contribution is -2.51. The highest BCUT2D eigenvalue weighted by Crippen LogP contribution is 2.29. The van der Waals surface area contributed by atoms with Gasteiger partial charge in [0.1, 0.15) is 0 Å². The summed E-state index contributed by atoms with van der Waals surface area (Å²) in [5, 5.41) is 8.14. The maximum atomic E-state index is 5.92. The van der Waals surface area contributed by atoms with Gasteiger partial charge in [-0.1, -0.05) is 16.8 Å². The molecule has 1 N–H and O–H groups in total. The van der Waals surface area contributed by atoms with Crippen LogP contribution in [-0.2, 0) is 6.42 Å². The summed E-state index contributed by atoms with van der Waals surface area (Å²) >= 11 is 7.94. The van der Waals surface area contributed by atoms with Crippen LogP contribution in [0.4, 0.5) is 0 Å². The molecule has 1 saturated heterocycles. The maximum absolute atomic E-state index is 5.92. The van der Waals surface area contributed by atoms with E-state index in [9.17, 15) is 0 Å². The van der Waals surface area contributed by atoms with Crippen molar-refractivity contribution in [3.8, 4) is 11.4 Å². The molecule has 0 atom stereocenters. The monoisotopic (exact) mass is 407 g/mol. The summed E-state index contributed by atoms with van der Waals surface area (Å²) in [6, 6.07) is 7.40. The third-order valence-electron chi connectivity index (χ3n) is 4.22. The molecule has 0 bridgehead atoms. The minimum atomic E-state index is 0.244. The Morgan fingerprint density at radius 2 is 2.15 bits per heavy atom. The fraction of sp³-hybridized carbons (Fsp3) is 0.526. The Kier molecular flexibility index (Phi) is 6.65. The van der Waals surface area contributed by atoms with Crippen molar-refractivity contribution in [2.75, 3.05) is 31.9 Å². The lowest BCUT2D eigenvalue weighted by molar-refractivity contribution is 0.371. The fourth-order valence-electron chi connectivity index (χ4n) is 2.95. The van der Waals surface area contributed by atoms with Gasteiger partial charge < -0.3 is 14.7 Å². The van der Waals surface area contributed by atoms with Gasteiger partial charge in [0, 0.05) is 47.1 Å². The van der Waals surface area contributed by atoms with Gasteiger partial charge in [0.15, 0.2) is 5.96 Å². The first-order valence-corrected chi connectivity index (χ1v) is 10.6. The normalized spacial score (nSPS) is 17.2. The molecule has 1 aliphatic heterocycles. The highest BCUT2D eigenvalue weighted by Gasteiger charge is 2.28. The van der Waals surface area contributed by atoms with E-state index in [0.717, 1.165) is 36.9 Å². The molecule has 1 aliphatic rings. The van der Waals surface area contributed by atoms with E-state index in [2.05, 4.69) is 41.1 Å². The zero-order chi connectivity index (χ0) is 19.3. The van der Waals surface area contributed by atoms with Crippen molar-refractivity contribution in [3.63, 3.8) is 0 Å². The molecule has 8 heteroatoms. The molecule has 0 radical (unpaired) electrons. The molecule has 27 heavy (non-hydrogen) atoms. The van der Waals surface area contributed by atoms with Crippen LogP contribution in [0.5, 0.6) is 0 Å². The van der Waals surface area contributed by atoms with Crippen molar-refractivity contribution in [1.82, 2.24) is 20.4 Å². The number of hydrogen-bond acceptors (Lipinski definition) is 5. The number of aliphatic imine (C=N–C) groups is 1. The van der Waals surface area contributed by atoms with E-state index in [4.69, 9.17) is 21.1 Å². The average molecular weight is 408 g/mol. The average Bonchev–Trinajstić information content (AvgIpc) is 3.09. The zero-order valence-corrected chi connectivity index (χ0v) is 17.6. The second kappa shape index (κ2) is 8.97. The first kappa shape index (κ1) is 20.0. The molecular weight excluding hydrogens is 382 g/mol. The first-order valence-electron chi connectivity index (χ1n) is 9.22. The Hall–Kier alpha value is -1.73. The van der Waals surface area contributed by atoms with Crippen molar-refractivity contribution in [3.05, 3.63) is 35.2 Å². The summed E-state index contributed by atoms with van der Waals surface area (Å²) in [5.41, 5.74) is 0.888. The van der Waals surface area contributed by atoms with Crippen LogP contribution in [0.25, 0.3) is 11.4 Å². The van der Waals surface area contributed by atoms with Crippen LogP contribution in [0.1, 0.15) is 26.7 Å². The minimum Gasteiger partial charge on any atom is -0.357 e. The number of hydrogen-bond donors (Lipinski definition) is 1. The molecule has 0 spiro atoms. The largest absolute Gasteiger partial charge is 0.357 e. The van der Waals surface area contributed by atoms with Crippen LogP contribution in [0.2, 0.25) is 5.02 Å². The van der Waals surface area contributed by atoms with E-state index in [1.807, 2.05) is 36.0 Å². The highest BCUT2D eigenvalue weighted by atomic mass is 35.5. The summed E-state index contributed by atoms with van der Waals surface area (Å²) < 4.78 is 5.61. The van der Waals surface area contributed by atoms with Gasteiger partial charge in [0.25, 0.3) is 0 Å². The van der Waals surface area contributed by atoms with Crippen LogP contribution in [0, 0.1) is 0 Å². The number of nitrogens with zero attached hydrogens (tertiary/aromatic N) is 4. The number of thioether (sulfide) groups is 1.